The number of carbonyl (C=O) groups is 1. The summed E-state index contributed by atoms with van der Waals surface area (Å²) in [6.07, 6.45) is 5.24. The molecule has 3 aromatic rings. The van der Waals surface area contributed by atoms with E-state index in [1.165, 1.54) is 6.42 Å². The summed E-state index contributed by atoms with van der Waals surface area (Å²) < 4.78 is 16.8. The number of oxazole rings is 1. The smallest absolute Gasteiger partial charge is 0.302 e. The zero-order valence-electron chi connectivity index (χ0n) is 20.3. The fourth-order valence-corrected chi connectivity index (χ4v) is 4.98. The lowest BCUT2D eigenvalue weighted by atomic mass is 9.89. The van der Waals surface area contributed by atoms with Crippen LogP contribution >= 0.6 is 0 Å². The van der Waals surface area contributed by atoms with Crippen LogP contribution in [0.15, 0.2) is 22.6 Å². The van der Waals surface area contributed by atoms with Crippen molar-refractivity contribution < 1.29 is 18.7 Å². The summed E-state index contributed by atoms with van der Waals surface area (Å²) in [5.74, 6) is 1.89. The zero-order valence-corrected chi connectivity index (χ0v) is 20.3. The number of rotatable bonds is 5. The van der Waals surface area contributed by atoms with E-state index in [9.17, 15) is 4.79 Å². The van der Waals surface area contributed by atoms with E-state index in [-0.39, 0.29) is 17.8 Å². The molecule has 0 unspecified atom stereocenters. The standard InChI is InChI=1S/C25H31N7O4/c33-22(17-4-2-1-3-5-17)29-25-26-19-16-18(6-7-20(19)36-25)21-27-23(31-8-12-34-13-9-31)30-24(28-21)32-10-14-35-15-11-32/h6-7,16-17H,1-5,8-15H2,(H,26,29,33). The van der Waals surface area contributed by atoms with E-state index in [0.717, 1.165) is 57.4 Å². The Morgan fingerprint density at radius 3 is 2.11 bits per heavy atom. The minimum Gasteiger partial charge on any atom is -0.423 e. The van der Waals surface area contributed by atoms with Gasteiger partial charge in [0.1, 0.15) is 5.52 Å². The van der Waals surface area contributed by atoms with Crippen molar-refractivity contribution in [2.75, 3.05) is 67.7 Å². The molecular weight excluding hydrogens is 462 g/mol. The molecule has 11 heteroatoms. The molecule has 3 fully saturated rings. The highest BCUT2D eigenvalue weighted by molar-refractivity contribution is 5.92. The van der Waals surface area contributed by atoms with E-state index in [4.69, 9.17) is 28.8 Å². The predicted octanol–water partition coefficient (Wildman–Crippen LogP) is 2.87. The molecule has 1 saturated carbocycles. The van der Waals surface area contributed by atoms with Gasteiger partial charge in [0, 0.05) is 37.7 Å². The normalized spacial score (nSPS) is 19.6. The monoisotopic (exact) mass is 493 g/mol. The fraction of sp³-hybridized carbons (Fsp3) is 0.560. The van der Waals surface area contributed by atoms with Crippen LogP contribution in [-0.4, -0.2) is 78.4 Å². The molecule has 4 heterocycles. The van der Waals surface area contributed by atoms with E-state index >= 15 is 0 Å². The maximum absolute atomic E-state index is 12.6. The van der Waals surface area contributed by atoms with E-state index in [2.05, 4.69) is 20.1 Å². The minimum atomic E-state index is -0.00995. The predicted molar refractivity (Wildman–Crippen MR) is 134 cm³/mol. The average molecular weight is 494 g/mol. The van der Waals surface area contributed by atoms with Gasteiger partial charge < -0.3 is 23.7 Å². The number of benzene rings is 1. The number of anilines is 3. The SMILES string of the molecule is O=C(Nc1nc2cc(-c3nc(N4CCOCC4)nc(N4CCOCC4)n3)ccc2o1)C1CCCCC1. The molecule has 190 valence electrons. The average Bonchev–Trinajstić information content (AvgIpc) is 3.35. The number of amides is 1. The van der Waals surface area contributed by atoms with Crippen LogP contribution in [0.2, 0.25) is 0 Å². The molecule has 1 aliphatic carbocycles. The van der Waals surface area contributed by atoms with Crippen LogP contribution < -0.4 is 15.1 Å². The van der Waals surface area contributed by atoms with Gasteiger partial charge in [0.05, 0.1) is 26.4 Å². The molecule has 11 nitrogen and oxygen atoms in total. The molecule has 3 aliphatic rings. The largest absolute Gasteiger partial charge is 0.423 e. The summed E-state index contributed by atoms with van der Waals surface area (Å²) in [4.78, 5) is 35.8. The highest BCUT2D eigenvalue weighted by atomic mass is 16.5. The van der Waals surface area contributed by atoms with Gasteiger partial charge in [-0.2, -0.15) is 19.9 Å². The number of fused-ring (bicyclic) bond motifs is 1. The first-order valence-corrected chi connectivity index (χ1v) is 12.9. The lowest BCUT2D eigenvalue weighted by Crippen LogP contribution is -2.40. The summed E-state index contributed by atoms with van der Waals surface area (Å²) in [6.45, 7) is 5.53. The summed E-state index contributed by atoms with van der Waals surface area (Å²) in [6, 6.07) is 5.90. The lowest BCUT2D eigenvalue weighted by molar-refractivity contribution is -0.120. The summed E-state index contributed by atoms with van der Waals surface area (Å²) in [5, 5.41) is 2.87. The van der Waals surface area contributed by atoms with Crippen molar-refractivity contribution in [1.82, 2.24) is 19.9 Å². The molecule has 0 spiro atoms. The van der Waals surface area contributed by atoms with Gasteiger partial charge in [-0.15, -0.1) is 0 Å². The van der Waals surface area contributed by atoms with Gasteiger partial charge in [-0.3, -0.25) is 10.1 Å². The van der Waals surface area contributed by atoms with E-state index < -0.39 is 0 Å². The third-order valence-corrected chi connectivity index (χ3v) is 7.05. The maximum atomic E-state index is 12.6. The van der Waals surface area contributed by atoms with Gasteiger partial charge in [-0.05, 0) is 31.0 Å². The molecule has 2 aromatic heterocycles. The van der Waals surface area contributed by atoms with Crippen molar-refractivity contribution in [2.45, 2.75) is 32.1 Å². The molecule has 1 N–H and O–H groups in total. The molecule has 1 aromatic carbocycles. The summed E-state index contributed by atoms with van der Waals surface area (Å²) >= 11 is 0. The Morgan fingerprint density at radius 2 is 1.47 bits per heavy atom. The number of nitrogens with one attached hydrogen (secondary N) is 1. The van der Waals surface area contributed by atoms with Crippen LogP contribution in [0.3, 0.4) is 0 Å². The van der Waals surface area contributed by atoms with Crippen LogP contribution in [0, 0.1) is 5.92 Å². The van der Waals surface area contributed by atoms with E-state index in [1.807, 2.05) is 18.2 Å². The van der Waals surface area contributed by atoms with Gasteiger partial charge in [0.25, 0.3) is 0 Å². The molecule has 1 amide bonds. The molecule has 2 aliphatic heterocycles. The van der Waals surface area contributed by atoms with Crippen molar-refractivity contribution >= 4 is 34.9 Å². The Kier molecular flexibility index (Phi) is 6.65. The van der Waals surface area contributed by atoms with Gasteiger partial charge in [-0.1, -0.05) is 19.3 Å². The fourth-order valence-electron chi connectivity index (χ4n) is 4.98. The number of hydrogen-bond acceptors (Lipinski definition) is 10. The number of aromatic nitrogens is 4. The van der Waals surface area contributed by atoms with Crippen LogP contribution in [0.1, 0.15) is 32.1 Å². The minimum absolute atomic E-state index is 0.00995. The molecule has 0 radical (unpaired) electrons. The quantitative estimate of drug-likeness (QED) is 0.568. The van der Waals surface area contributed by atoms with Crippen molar-refractivity contribution in [3.8, 4) is 11.4 Å². The molecular formula is C25H31N7O4. The Hall–Kier alpha value is -3.31. The number of hydrogen-bond donors (Lipinski definition) is 1. The number of morpholine rings is 2. The third kappa shape index (κ3) is 4.98. The van der Waals surface area contributed by atoms with Crippen LogP contribution in [0.4, 0.5) is 17.9 Å². The summed E-state index contributed by atoms with van der Waals surface area (Å²) in [7, 11) is 0. The Labute approximate surface area is 209 Å². The number of nitrogens with zero attached hydrogens (tertiary/aromatic N) is 6. The topological polar surface area (TPSA) is 119 Å². The van der Waals surface area contributed by atoms with Crippen molar-refractivity contribution in [3.05, 3.63) is 18.2 Å². The molecule has 0 bridgehead atoms. The Morgan fingerprint density at radius 1 is 0.833 bits per heavy atom. The van der Waals surface area contributed by atoms with Crippen LogP contribution in [0.25, 0.3) is 22.5 Å². The van der Waals surface area contributed by atoms with Crippen molar-refractivity contribution in [2.24, 2.45) is 5.92 Å². The van der Waals surface area contributed by atoms with Crippen LogP contribution in [-0.2, 0) is 14.3 Å². The van der Waals surface area contributed by atoms with E-state index in [0.29, 0.717) is 55.2 Å². The van der Waals surface area contributed by atoms with Gasteiger partial charge in [0.15, 0.2) is 11.4 Å². The summed E-state index contributed by atoms with van der Waals surface area (Å²) in [5.41, 5.74) is 2.06. The van der Waals surface area contributed by atoms with Crippen molar-refractivity contribution in [3.63, 3.8) is 0 Å². The van der Waals surface area contributed by atoms with Gasteiger partial charge in [-0.25, -0.2) is 0 Å². The molecule has 36 heavy (non-hydrogen) atoms. The second-order valence-corrected chi connectivity index (χ2v) is 9.48. The first-order chi connectivity index (χ1) is 17.7. The molecule has 6 rings (SSSR count). The van der Waals surface area contributed by atoms with Gasteiger partial charge in [0.2, 0.25) is 17.8 Å². The van der Waals surface area contributed by atoms with Crippen LogP contribution in [0.5, 0.6) is 0 Å². The third-order valence-electron chi connectivity index (χ3n) is 7.05. The number of ether oxygens (including phenoxy) is 2. The molecule has 2 saturated heterocycles. The van der Waals surface area contributed by atoms with Gasteiger partial charge >= 0.3 is 6.01 Å². The molecule has 0 atom stereocenters. The first-order valence-electron chi connectivity index (χ1n) is 12.9. The Balaban J connectivity index is 1.29. The number of carbonyl (C=O) groups excluding carboxylic acids is 1. The second-order valence-electron chi connectivity index (χ2n) is 9.48. The second kappa shape index (κ2) is 10.4. The maximum Gasteiger partial charge on any atom is 0.302 e. The highest BCUT2D eigenvalue weighted by Crippen LogP contribution is 2.29. The zero-order chi connectivity index (χ0) is 24.3. The Bertz CT molecular complexity index is 1180. The van der Waals surface area contributed by atoms with Crippen molar-refractivity contribution in [1.29, 1.82) is 0 Å². The highest BCUT2D eigenvalue weighted by Gasteiger charge is 2.24. The first kappa shape index (κ1) is 23.1. The lowest BCUT2D eigenvalue weighted by Gasteiger charge is -2.30. The van der Waals surface area contributed by atoms with E-state index in [1.54, 1.807) is 0 Å².